The summed E-state index contributed by atoms with van der Waals surface area (Å²) in [4.78, 5) is 39.2. The number of aliphatic hydroxyl groups excluding tert-OH is 1. The Morgan fingerprint density at radius 1 is 1.33 bits per heavy atom. The molecular formula is C14H23N3O4. The van der Waals surface area contributed by atoms with Gasteiger partial charge in [0.05, 0.1) is 12.6 Å². The third kappa shape index (κ3) is 2.29. The molecule has 0 radical (unpaired) electrons. The number of hydrogen-bond donors (Lipinski definition) is 2. The second-order valence-electron chi connectivity index (χ2n) is 6.30. The van der Waals surface area contributed by atoms with Gasteiger partial charge in [-0.25, -0.2) is 0 Å². The molecule has 0 aromatic heterocycles. The zero-order valence-corrected chi connectivity index (χ0v) is 12.7. The van der Waals surface area contributed by atoms with Crippen LogP contribution in [0.3, 0.4) is 0 Å². The van der Waals surface area contributed by atoms with Gasteiger partial charge < -0.3 is 20.6 Å². The number of primary amides is 1. The number of nitrogens with zero attached hydrogens (tertiary/aromatic N) is 2. The van der Waals surface area contributed by atoms with Gasteiger partial charge in [0.1, 0.15) is 11.6 Å². The maximum absolute atomic E-state index is 12.6. The Balaban J connectivity index is 2.20. The lowest BCUT2D eigenvalue weighted by Gasteiger charge is -2.53. The van der Waals surface area contributed by atoms with Gasteiger partial charge in [-0.2, -0.15) is 0 Å². The van der Waals surface area contributed by atoms with Crippen molar-refractivity contribution < 1.29 is 19.5 Å². The Morgan fingerprint density at radius 2 is 1.95 bits per heavy atom. The molecular weight excluding hydrogens is 274 g/mol. The highest BCUT2D eigenvalue weighted by molar-refractivity contribution is 6.00. The smallest absolute Gasteiger partial charge is 0.251 e. The molecule has 0 aromatic carbocycles. The van der Waals surface area contributed by atoms with Crippen molar-refractivity contribution in [3.63, 3.8) is 0 Å². The van der Waals surface area contributed by atoms with E-state index in [0.29, 0.717) is 13.0 Å². The van der Waals surface area contributed by atoms with Gasteiger partial charge in [-0.1, -0.05) is 13.8 Å². The van der Waals surface area contributed by atoms with E-state index in [1.807, 2.05) is 0 Å². The summed E-state index contributed by atoms with van der Waals surface area (Å²) in [6, 6.07) is -1.03. The predicted molar refractivity (Wildman–Crippen MR) is 74.9 cm³/mol. The van der Waals surface area contributed by atoms with Crippen LogP contribution in [0.4, 0.5) is 0 Å². The van der Waals surface area contributed by atoms with E-state index in [0.717, 1.165) is 6.42 Å². The van der Waals surface area contributed by atoms with Gasteiger partial charge in [0.25, 0.3) is 5.91 Å². The molecule has 2 rings (SSSR count). The van der Waals surface area contributed by atoms with Gasteiger partial charge >= 0.3 is 0 Å². The molecule has 2 heterocycles. The van der Waals surface area contributed by atoms with Crippen LogP contribution in [0.25, 0.3) is 0 Å². The van der Waals surface area contributed by atoms with Crippen LogP contribution in [0, 0.1) is 5.92 Å². The predicted octanol–water partition coefficient (Wildman–Crippen LogP) is -0.919. The van der Waals surface area contributed by atoms with Crippen molar-refractivity contribution in [2.75, 3.05) is 13.1 Å². The fourth-order valence-corrected chi connectivity index (χ4v) is 3.37. The van der Waals surface area contributed by atoms with Crippen molar-refractivity contribution in [3.8, 4) is 0 Å². The zero-order valence-electron chi connectivity index (χ0n) is 12.7. The van der Waals surface area contributed by atoms with Gasteiger partial charge in [0.15, 0.2) is 0 Å². The monoisotopic (exact) mass is 297 g/mol. The standard InChI is InChI=1S/C14H23N3O4/c1-8(2)12(20)17-6-4-5-14(17)7-16(13(14)21)10(9(3)18)11(15)19/h8-10,18H,4-7H2,1-3H3,(H2,15,19)/t9-,10+,14-/m1/s1. The van der Waals surface area contributed by atoms with Gasteiger partial charge in [-0.3, -0.25) is 14.4 Å². The van der Waals surface area contributed by atoms with Gasteiger partial charge in [0, 0.05) is 12.5 Å². The van der Waals surface area contributed by atoms with Crippen molar-refractivity contribution in [1.82, 2.24) is 9.80 Å². The fraction of sp³-hybridized carbons (Fsp3) is 0.786. The van der Waals surface area contributed by atoms with Crippen LogP contribution in [-0.4, -0.2) is 63.4 Å². The Bertz CT molecular complexity index is 477. The van der Waals surface area contributed by atoms with Crippen molar-refractivity contribution in [3.05, 3.63) is 0 Å². The topological polar surface area (TPSA) is 104 Å². The number of carbonyl (C=O) groups is 3. The number of hydrogen-bond acceptors (Lipinski definition) is 4. The number of rotatable bonds is 4. The van der Waals surface area contributed by atoms with E-state index >= 15 is 0 Å². The summed E-state index contributed by atoms with van der Waals surface area (Å²) in [6.45, 7) is 5.86. The molecule has 2 aliphatic rings. The molecule has 0 unspecified atom stereocenters. The van der Waals surface area contributed by atoms with Crippen LogP contribution in [0.2, 0.25) is 0 Å². The minimum absolute atomic E-state index is 0.0480. The summed E-state index contributed by atoms with van der Waals surface area (Å²) in [5.41, 5.74) is 4.44. The Kier molecular flexibility index (Phi) is 3.97. The van der Waals surface area contributed by atoms with Crippen molar-refractivity contribution >= 4 is 17.7 Å². The van der Waals surface area contributed by atoms with Crippen LogP contribution in [-0.2, 0) is 14.4 Å². The molecule has 3 amide bonds. The SMILES string of the molecule is CC(C)C(=O)N1CCC[C@]12CN([C@H](C(N)=O)[C@@H](C)O)C2=O. The summed E-state index contributed by atoms with van der Waals surface area (Å²) < 4.78 is 0. The van der Waals surface area contributed by atoms with Crippen molar-refractivity contribution in [2.24, 2.45) is 11.7 Å². The number of nitrogens with two attached hydrogens (primary N) is 1. The first kappa shape index (κ1) is 15.8. The van der Waals surface area contributed by atoms with Gasteiger partial charge in [0.2, 0.25) is 11.8 Å². The summed E-state index contributed by atoms with van der Waals surface area (Å²) in [6.07, 6.45) is 0.347. The molecule has 0 aromatic rings. The van der Waals surface area contributed by atoms with Gasteiger partial charge in [-0.05, 0) is 19.8 Å². The third-order valence-electron chi connectivity index (χ3n) is 4.42. The molecule has 21 heavy (non-hydrogen) atoms. The molecule has 118 valence electrons. The number of likely N-dealkylation sites (tertiary alicyclic amines) is 2. The lowest BCUT2D eigenvalue weighted by Crippen LogP contribution is -2.77. The largest absolute Gasteiger partial charge is 0.391 e. The first-order chi connectivity index (χ1) is 9.72. The first-order valence-electron chi connectivity index (χ1n) is 7.32. The zero-order chi connectivity index (χ0) is 15.9. The van der Waals surface area contributed by atoms with Crippen LogP contribution >= 0.6 is 0 Å². The van der Waals surface area contributed by atoms with Crippen LogP contribution in [0.1, 0.15) is 33.6 Å². The van der Waals surface area contributed by atoms with Crippen LogP contribution in [0.5, 0.6) is 0 Å². The fourth-order valence-electron chi connectivity index (χ4n) is 3.37. The second kappa shape index (κ2) is 5.29. The molecule has 3 atom stereocenters. The summed E-state index contributed by atoms with van der Waals surface area (Å²) in [5, 5.41) is 9.66. The molecule has 0 saturated carbocycles. The normalized spacial score (nSPS) is 28.0. The Hall–Kier alpha value is -1.63. The number of aliphatic hydroxyl groups is 1. The van der Waals surface area contributed by atoms with E-state index in [-0.39, 0.29) is 24.3 Å². The van der Waals surface area contributed by atoms with E-state index in [2.05, 4.69) is 0 Å². The van der Waals surface area contributed by atoms with Gasteiger partial charge in [-0.15, -0.1) is 0 Å². The number of β-lactam (4-membered cyclic amide) rings is 1. The lowest BCUT2D eigenvalue weighted by atomic mass is 9.83. The first-order valence-corrected chi connectivity index (χ1v) is 7.32. The lowest BCUT2D eigenvalue weighted by molar-refractivity contribution is -0.176. The molecule has 7 heteroatoms. The molecule has 3 N–H and O–H groups in total. The van der Waals surface area contributed by atoms with E-state index in [4.69, 9.17) is 5.73 Å². The van der Waals surface area contributed by atoms with E-state index in [9.17, 15) is 19.5 Å². The maximum atomic E-state index is 12.6. The summed E-state index contributed by atoms with van der Waals surface area (Å²) in [5.74, 6) is -1.23. The average Bonchev–Trinajstić information content (AvgIpc) is 2.82. The average molecular weight is 297 g/mol. The summed E-state index contributed by atoms with van der Waals surface area (Å²) >= 11 is 0. The van der Waals surface area contributed by atoms with Crippen LogP contribution < -0.4 is 5.73 Å². The molecule has 2 fully saturated rings. The minimum Gasteiger partial charge on any atom is -0.391 e. The number of carbonyl (C=O) groups excluding carboxylic acids is 3. The number of amides is 3. The van der Waals surface area contributed by atoms with Crippen LogP contribution in [0.15, 0.2) is 0 Å². The van der Waals surface area contributed by atoms with Crippen molar-refractivity contribution in [2.45, 2.75) is 51.3 Å². The Labute approximate surface area is 124 Å². The Morgan fingerprint density at radius 3 is 2.38 bits per heavy atom. The summed E-state index contributed by atoms with van der Waals surface area (Å²) in [7, 11) is 0. The second-order valence-corrected chi connectivity index (χ2v) is 6.30. The molecule has 1 spiro atoms. The maximum Gasteiger partial charge on any atom is 0.251 e. The van der Waals surface area contributed by atoms with E-state index in [1.54, 1.807) is 18.7 Å². The quantitative estimate of drug-likeness (QED) is 0.655. The van der Waals surface area contributed by atoms with E-state index in [1.165, 1.54) is 11.8 Å². The molecule has 2 saturated heterocycles. The highest BCUT2D eigenvalue weighted by atomic mass is 16.3. The van der Waals surface area contributed by atoms with E-state index < -0.39 is 23.6 Å². The van der Waals surface area contributed by atoms with Crippen molar-refractivity contribution in [1.29, 1.82) is 0 Å². The third-order valence-corrected chi connectivity index (χ3v) is 4.42. The minimum atomic E-state index is -1.03. The molecule has 0 bridgehead atoms. The highest BCUT2D eigenvalue weighted by Gasteiger charge is 2.62. The molecule has 7 nitrogen and oxygen atoms in total. The molecule has 0 aliphatic carbocycles. The molecule has 2 aliphatic heterocycles. The highest BCUT2D eigenvalue weighted by Crippen LogP contribution is 2.41.